The van der Waals surface area contributed by atoms with Gasteiger partial charge in [-0.05, 0) is 29.8 Å². The van der Waals surface area contributed by atoms with Crippen LogP contribution >= 0.6 is 11.6 Å². The summed E-state index contributed by atoms with van der Waals surface area (Å²) in [7, 11) is 0. The number of hydrogen-bond acceptors (Lipinski definition) is 2. The number of hydrogen-bond donors (Lipinski definition) is 1. The van der Waals surface area contributed by atoms with Crippen molar-refractivity contribution in [2.24, 2.45) is 0 Å². The van der Waals surface area contributed by atoms with Crippen molar-refractivity contribution in [3.8, 4) is 5.75 Å². The number of carbonyl (C=O) groups excluding carboxylic acids is 1. The molecule has 0 unspecified atom stereocenters. The van der Waals surface area contributed by atoms with Gasteiger partial charge in [0.15, 0.2) is 6.61 Å². The van der Waals surface area contributed by atoms with Crippen molar-refractivity contribution in [2.75, 3.05) is 6.61 Å². The van der Waals surface area contributed by atoms with E-state index >= 15 is 0 Å². The van der Waals surface area contributed by atoms with Crippen LogP contribution in [-0.4, -0.2) is 18.7 Å². The first-order valence-electron chi connectivity index (χ1n) is 6.66. The van der Waals surface area contributed by atoms with E-state index < -0.39 is 12.8 Å². The molecule has 0 fully saturated rings. The normalized spacial score (nSPS) is 11.1. The Morgan fingerprint density at radius 1 is 1.13 bits per heavy atom. The molecule has 0 heterocycles. The first-order valence-corrected chi connectivity index (χ1v) is 7.04. The van der Waals surface area contributed by atoms with Gasteiger partial charge in [0.05, 0.1) is 10.6 Å². The van der Waals surface area contributed by atoms with Crippen LogP contribution in [0, 0.1) is 0 Å². The van der Waals surface area contributed by atoms with Crippen molar-refractivity contribution in [1.29, 1.82) is 0 Å². The second-order valence-corrected chi connectivity index (χ2v) is 5.12. The molecule has 0 saturated heterocycles. The molecule has 0 radical (unpaired) electrons. The third-order valence-corrected chi connectivity index (χ3v) is 3.20. The van der Waals surface area contributed by atoms with E-state index in [4.69, 9.17) is 11.6 Å². The molecular weight excluding hydrogens is 331 g/mol. The van der Waals surface area contributed by atoms with Crippen LogP contribution in [0.2, 0.25) is 5.02 Å². The molecule has 2 rings (SSSR count). The Balaban J connectivity index is 1.96. The van der Waals surface area contributed by atoms with Crippen molar-refractivity contribution in [2.45, 2.75) is 12.7 Å². The van der Waals surface area contributed by atoms with Crippen LogP contribution in [0.5, 0.6) is 5.75 Å². The summed E-state index contributed by atoms with van der Waals surface area (Å²) in [5, 5.41) is 2.98. The number of alkyl halides is 3. The quantitative estimate of drug-likeness (QED) is 0.883. The van der Waals surface area contributed by atoms with Crippen LogP contribution in [-0.2, 0) is 6.54 Å². The largest absolute Gasteiger partial charge is 0.484 e. The van der Waals surface area contributed by atoms with E-state index in [1.54, 1.807) is 36.4 Å². The highest BCUT2D eigenvalue weighted by Gasteiger charge is 2.28. The topological polar surface area (TPSA) is 38.3 Å². The summed E-state index contributed by atoms with van der Waals surface area (Å²) in [4.78, 5) is 12.0. The van der Waals surface area contributed by atoms with Crippen LogP contribution in [0.15, 0.2) is 48.5 Å². The molecule has 0 aliphatic carbocycles. The van der Waals surface area contributed by atoms with Crippen LogP contribution in [0.4, 0.5) is 13.2 Å². The van der Waals surface area contributed by atoms with Crippen LogP contribution < -0.4 is 10.1 Å². The maximum Gasteiger partial charge on any atom is 0.422 e. The predicted molar refractivity (Wildman–Crippen MR) is 80.6 cm³/mol. The molecular formula is C16H13ClF3NO2. The van der Waals surface area contributed by atoms with Crippen LogP contribution in [0.3, 0.4) is 0 Å². The van der Waals surface area contributed by atoms with E-state index in [9.17, 15) is 18.0 Å². The first kappa shape index (κ1) is 17.1. The third kappa shape index (κ3) is 5.49. The molecule has 1 N–H and O–H groups in total. The molecule has 0 saturated carbocycles. The minimum absolute atomic E-state index is 0.0896. The van der Waals surface area contributed by atoms with Gasteiger partial charge in [-0.1, -0.05) is 35.9 Å². The predicted octanol–water partition coefficient (Wildman–Crippen LogP) is 4.21. The number of carbonyl (C=O) groups is 1. The average molecular weight is 344 g/mol. The molecule has 23 heavy (non-hydrogen) atoms. The van der Waals surface area contributed by atoms with Gasteiger partial charge in [0.25, 0.3) is 5.91 Å². The Labute approximate surface area is 136 Å². The fourth-order valence-corrected chi connectivity index (χ4v) is 2.05. The fraction of sp³-hybridized carbons (Fsp3) is 0.188. The molecule has 0 aliphatic heterocycles. The fourth-order valence-electron chi connectivity index (χ4n) is 1.83. The SMILES string of the molecule is O=C(NCc1cccc(OCC(F)(F)F)c1)c1ccccc1Cl. The zero-order valence-corrected chi connectivity index (χ0v) is 12.6. The van der Waals surface area contributed by atoms with Gasteiger partial charge in [-0.15, -0.1) is 0 Å². The van der Waals surface area contributed by atoms with Gasteiger partial charge in [-0.2, -0.15) is 13.2 Å². The Morgan fingerprint density at radius 3 is 2.57 bits per heavy atom. The van der Waals surface area contributed by atoms with Gasteiger partial charge in [0.1, 0.15) is 5.75 Å². The number of amides is 1. The highest BCUT2D eigenvalue weighted by atomic mass is 35.5. The van der Waals surface area contributed by atoms with E-state index in [1.807, 2.05) is 0 Å². The minimum Gasteiger partial charge on any atom is -0.484 e. The molecule has 122 valence electrons. The van der Waals surface area contributed by atoms with Crippen LogP contribution in [0.1, 0.15) is 15.9 Å². The van der Waals surface area contributed by atoms with Gasteiger partial charge in [0.2, 0.25) is 0 Å². The summed E-state index contributed by atoms with van der Waals surface area (Å²) in [5.41, 5.74) is 0.948. The summed E-state index contributed by atoms with van der Waals surface area (Å²) < 4.78 is 41.0. The summed E-state index contributed by atoms with van der Waals surface area (Å²) in [6, 6.07) is 12.7. The zero-order valence-electron chi connectivity index (χ0n) is 11.9. The highest BCUT2D eigenvalue weighted by Crippen LogP contribution is 2.19. The molecule has 0 spiro atoms. The van der Waals surface area contributed by atoms with Crippen LogP contribution in [0.25, 0.3) is 0 Å². The second kappa shape index (κ2) is 7.37. The molecule has 0 aromatic heterocycles. The molecule has 0 aliphatic rings. The summed E-state index contributed by atoms with van der Waals surface area (Å²) >= 11 is 5.92. The maximum absolute atomic E-state index is 12.1. The van der Waals surface area contributed by atoms with Crippen molar-refractivity contribution in [1.82, 2.24) is 5.32 Å². The van der Waals surface area contributed by atoms with E-state index in [2.05, 4.69) is 10.1 Å². The van der Waals surface area contributed by atoms with Crippen molar-refractivity contribution in [3.63, 3.8) is 0 Å². The van der Waals surface area contributed by atoms with Gasteiger partial charge in [0, 0.05) is 6.54 Å². The van der Waals surface area contributed by atoms with Gasteiger partial charge in [-0.25, -0.2) is 0 Å². The Bertz CT molecular complexity index is 689. The lowest BCUT2D eigenvalue weighted by atomic mass is 10.2. The number of halogens is 4. The van der Waals surface area contributed by atoms with Crippen molar-refractivity contribution >= 4 is 17.5 Å². The van der Waals surface area contributed by atoms with Gasteiger partial charge >= 0.3 is 6.18 Å². The molecule has 2 aromatic rings. The van der Waals surface area contributed by atoms with Crippen molar-refractivity contribution < 1.29 is 22.7 Å². The smallest absolute Gasteiger partial charge is 0.422 e. The first-order chi connectivity index (χ1) is 10.8. The summed E-state index contributed by atoms with van der Waals surface area (Å²) in [6.45, 7) is -1.21. The van der Waals surface area contributed by atoms with E-state index in [1.165, 1.54) is 12.1 Å². The van der Waals surface area contributed by atoms with E-state index in [-0.39, 0.29) is 18.2 Å². The Morgan fingerprint density at radius 2 is 1.87 bits per heavy atom. The lowest BCUT2D eigenvalue weighted by Crippen LogP contribution is -2.23. The highest BCUT2D eigenvalue weighted by molar-refractivity contribution is 6.33. The second-order valence-electron chi connectivity index (χ2n) is 4.71. The molecule has 0 bridgehead atoms. The lowest BCUT2D eigenvalue weighted by Gasteiger charge is -2.11. The lowest BCUT2D eigenvalue weighted by molar-refractivity contribution is -0.153. The number of ether oxygens (including phenoxy) is 1. The Hall–Kier alpha value is -2.21. The maximum atomic E-state index is 12.1. The number of rotatable bonds is 5. The Kier molecular flexibility index (Phi) is 5.50. The molecule has 2 aromatic carbocycles. The van der Waals surface area contributed by atoms with E-state index in [0.29, 0.717) is 16.1 Å². The molecule has 3 nitrogen and oxygen atoms in total. The minimum atomic E-state index is -4.39. The van der Waals surface area contributed by atoms with Gasteiger partial charge < -0.3 is 10.1 Å². The summed E-state index contributed by atoms with van der Waals surface area (Å²) in [5.74, 6) is -0.274. The molecule has 0 atom stereocenters. The monoisotopic (exact) mass is 343 g/mol. The zero-order chi connectivity index (χ0) is 16.9. The molecule has 7 heteroatoms. The van der Waals surface area contributed by atoms with E-state index in [0.717, 1.165) is 0 Å². The summed E-state index contributed by atoms with van der Waals surface area (Å²) in [6.07, 6.45) is -4.39. The average Bonchev–Trinajstić information content (AvgIpc) is 2.51. The van der Waals surface area contributed by atoms with Crippen molar-refractivity contribution in [3.05, 3.63) is 64.7 Å². The number of benzene rings is 2. The number of nitrogens with one attached hydrogen (secondary N) is 1. The standard InChI is InChI=1S/C16H13ClF3NO2/c17-14-7-2-1-6-13(14)15(22)21-9-11-4-3-5-12(8-11)23-10-16(18,19)20/h1-8H,9-10H2,(H,21,22). The molecule has 1 amide bonds. The third-order valence-electron chi connectivity index (χ3n) is 2.87. The van der Waals surface area contributed by atoms with Gasteiger partial charge in [-0.3, -0.25) is 4.79 Å².